The Hall–Kier alpha value is 0.620. The number of rotatable bonds is 6. The first-order chi connectivity index (χ1) is 4.77. The Morgan fingerprint density at radius 2 is 2.20 bits per heavy atom. The smallest absolute Gasteiger partial charge is 0.0206 e. The number of nitrogens with zero attached hydrogens (tertiary/aromatic N) is 1. The van der Waals surface area contributed by atoms with E-state index in [2.05, 4.69) is 23.7 Å². The molecule has 0 spiro atoms. The molecule has 0 atom stereocenters. The van der Waals surface area contributed by atoms with Gasteiger partial charge < -0.3 is 4.90 Å². The van der Waals surface area contributed by atoms with Crippen molar-refractivity contribution in [3.8, 4) is 0 Å². The fourth-order valence-corrected chi connectivity index (χ4v) is 1.49. The van der Waals surface area contributed by atoms with Crippen molar-refractivity contribution < 1.29 is 0 Å². The normalized spacial score (nSPS) is 10.8. The Morgan fingerprint density at radius 3 is 2.70 bits per heavy atom. The molecule has 2 nitrogen and oxygen atoms in total. The van der Waals surface area contributed by atoms with E-state index in [9.17, 15) is 0 Å². The SMILES string of the molecule is CN(C)CCSNCC[S]. The van der Waals surface area contributed by atoms with Gasteiger partial charge in [-0.15, -0.1) is 0 Å². The molecule has 0 saturated carbocycles. The third-order valence-corrected chi connectivity index (χ3v) is 1.95. The largest absolute Gasteiger partial charge is 0.309 e. The average molecular weight is 179 g/mol. The maximum Gasteiger partial charge on any atom is 0.0206 e. The van der Waals surface area contributed by atoms with Crippen LogP contribution in [0.2, 0.25) is 0 Å². The van der Waals surface area contributed by atoms with Crippen LogP contribution in [0.15, 0.2) is 0 Å². The topological polar surface area (TPSA) is 15.3 Å². The van der Waals surface area contributed by atoms with Gasteiger partial charge in [-0.2, -0.15) is 0 Å². The molecule has 0 aliphatic heterocycles. The summed E-state index contributed by atoms with van der Waals surface area (Å²) in [6.45, 7) is 2.06. The van der Waals surface area contributed by atoms with Crippen LogP contribution in [-0.4, -0.2) is 43.6 Å². The van der Waals surface area contributed by atoms with Crippen molar-refractivity contribution >= 4 is 24.6 Å². The Balaban J connectivity index is 2.77. The standard InChI is InChI=1S/C6H15N2S2/c1-8(2)4-6-10-7-3-5-9/h7H,3-6H2,1-2H3. The van der Waals surface area contributed by atoms with Gasteiger partial charge in [-0.3, -0.25) is 4.72 Å². The third kappa shape index (κ3) is 8.62. The Labute approximate surface area is 73.3 Å². The lowest BCUT2D eigenvalue weighted by Crippen LogP contribution is -2.17. The minimum atomic E-state index is 0.801. The van der Waals surface area contributed by atoms with E-state index >= 15 is 0 Å². The zero-order chi connectivity index (χ0) is 7.82. The molecule has 0 aromatic heterocycles. The second-order valence-electron chi connectivity index (χ2n) is 2.25. The highest BCUT2D eigenvalue weighted by Gasteiger charge is 1.89. The van der Waals surface area contributed by atoms with Gasteiger partial charge >= 0.3 is 0 Å². The fraction of sp³-hybridized carbons (Fsp3) is 1.00. The van der Waals surface area contributed by atoms with E-state index in [1.165, 1.54) is 0 Å². The second-order valence-corrected chi connectivity index (χ2v) is 3.64. The number of nitrogens with one attached hydrogen (secondary N) is 1. The number of hydrogen-bond donors (Lipinski definition) is 1. The molecule has 0 aliphatic rings. The van der Waals surface area contributed by atoms with Gasteiger partial charge in [0.2, 0.25) is 0 Å². The Morgan fingerprint density at radius 1 is 1.50 bits per heavy atom. The molecule has 0 aliphatic carbocycles. The van der Waals surface area contributed by atoms with E-state index in [4.69, 9.17) is 12.6 Å². The highest BCUT2D eigenvalue weighted by molar-refractivity contribution is 7.97. The van der Waals surface area contributed by atoms with Crippen LogP contribution in [0.5, 0.6) is 0 Å². The molecule has 0 amide bonds. The summed E-state index contributed by atoms with van der Waals surface area (Å²) < 4.78 is 3.18. The molecule has 0 bridgehead atoms. The average Bonchev–Trinajstić information content (AvgIpc) is 1.87. The van der Waals surface area contributed by atoms with Crippen LogP contribution in [-0.2, 0) is 0 Å². The molecule has 1 N–H and O–H groups in total. The van der Waals surface area contributed by atoms with Gasteiger partial charge in [0.1, 0.15) is 0 Å². The summed E-state index contributed by atoms with van der Waals surface area (Å²) in [6.07, 6.45) is 0. The molecule has 0 fully saturated rings. The zero-order valence-corrected chi connectivity index (χ0v) is 8.23. The van der Waals surface area contributed by atoms with Gasteiger partial charge in [-0.05, 0) is 14.1 Å². The molecule has 0 rings (SSSR count). The molecule has 0 aromatic carbocycles. The predicted molar refractivity (Wildman–Crippen MR) is 51.5 cm³/mol. The van der Waals surface area contributed by atoms with Crippen LogP contribution >= 0.6 is 24.6 Å². The molecule has 1 radical (unpaired) electrons. The van der Waals surface area contributed by atoms with Crippen molar-refractivity contribution in [2.45, 2.75) is 0 Å². The van der Waals surface area contributed by atoms with E-state index in [0.717, 1.165) is 24.6 Å². The van der Waals surface area contributed by atoms with Crippen molar-refractivity contribution in [2.24, 2.45) is 0 Å². The van der Waals surface area contributed by atoms with E-state index in [1.54, 1.807) is 11.9 Å². The fourth-order valence-electron chi connectivity index (χ4n) is 0.414. The molecule has 0 aromatic rings. The van der Waals surface area contributed by atoms with E-state index in [-0.39, 0.29) is 0 Å². The van der Waals surface area contributed by atoms with Crippen LogP contribution in [0.25, 0.3) is 0 Å². The summed E-state index contributed by atoms with van der Waals surface area (Å²) in [5.41, 5.74) is 0. The lowest BCUT2D eigenvalue weighted by atomic mass is 10.7. The quantitative estimate of drug-likeness (QED) is 0.483. The molecular formula is C6H15N2S2. The van der Waals surface area contributed by atoms with Crippen molar-refractivity contribution in [2.75, 3.05) is 38.7 Å². The van der Waals surface area contributed by atoms with Crippen LogP contribution in [0, 0.1) is 0 Å². The molecule has 0 saturated heterocycles. The van der Waals surface area contributed by atoms with Crippen LogP contribution in [0.4, 0.5) is 0 Å². The third-order valence-electron chi connectivity index (χ3n) is 0.947. The van der Waals surface area contributed by atoms with Gasteiger partial charge in [0.25, 0.3) is 0 Å². The van der Waals surface area contributed by atoms with E-state index in [0.29, 0.717) is 0 Å². The van der Waals surface area contributed by atoms with Crippen molar-refractivity contribution in [1.29, 1.82) is 0 Å². The van der Waals surface area contributed by atoms with Crippen LogP contribution in [0.3, 0.4) is 0 Å². The first-order valence-corrected chi connectivity index (χ1v) is 4.91. The minimum Gasteiger partial charge on any atom is -0.309 e. The molecule has 10 heavy (non-hydrogen) atoms. The first-order valence-electron chi connectivity index (χ1n) is 3.35. The van der Waals surface area contributed by atoms with Gasteiger partial charge in [-0.25, -0.2) is 0 Å². The molecule has 0 heterocycles. The predicted octanol–water partition coefficient (Wildman–Crippen LogP) is 0.983. The van der Waals surface area contributed by atoms with Gasteiger partial charge in [-0.1, -0.05) is 24.6 Å². The first kappa shape index (κ1) is 10.6. The minimum absolute atomic E-state index is 0.801. The maximum atomic E-state index is 4.77. The van der Waals surface area contributed by atoms with Gasteiger partial charge in [0, 0.05) is 24.6 Å². The summed E-state index contributed by atoms with van der Waals surface area (Å²) in [7, 11) is 4.15. The number of hydrogen-bond acceptors (Lipinski definition) is 3. The summed E-state index contributed by atoms with van der Waals surface area (Å²) in [5, 5.41) is 0. The Bertz CT molecular complexity index is 68.8. The van der Waals surface area contributed by atoms with Crippen LogP contribution in [0.1, 0.15) is 0 Å². The van der Waals surface area contributed by atoms with Crippen molar-refractivity contribution in [3.05, 3.63) is 0 Å². The van der Waals surface area contributed by atoms with Crippen molar-refractivity contribution in [1.82, 2.24) is 9.62 Å². The second kappa shape index (κ2) is 7.72. The summed E-state index contributed by atoms with van der Waals surface area (Å²) in [4.78, 5) is 2.17. The lowest BCUT2D eigenvalue weighted by molar-refractivity contribution is 0.437. The maximum absolute atomic E-state index is 4.77. The van der Waals surface area contributed by atoms with E-state index in [1.807, 2.05) is 0 Å². The van der Waals surface area contributed by atoms with Gasteiger partial charge in [0.05, 0.1) is 0 Å². The highest BCUT2D eigenvalue weighted by Crippen LogP contribution is 1.92. The molecule has 61 valence electrons. The monoisotopic (exact) mass is 179 g/mol. The Kier molecular flexibility index (Phi) is 8.20. The van der Waals surface area contributed by atoms with E-state index < -0.39 is 0 Å². The zero-order valence-electron chi connectivity index (χ0n) is 6.59. The van der Waals surface area contributed by atoms with Gasteiger partial charge in [0.15, 0.2) is 0 Å². The van der Waals surface area contributed by atoms with Crippen LogP contribution < -0.4 is 4.72 Å². The summed E-state index contributed by atoms with van der Waals surface area (Å²) >= 11 is 6.51. The lowest BCUT2D eigenvalue weighted by Gasteiger charge is -2.08. The summed E-state index contributed by atoms with van der Waals surface area (Å²) in [5.74, 6) is 1.93. The van der Waals surface area contributed by atoms with Crippen molar-refractivity contribution in [3.63, 3.8) is 0 Å². The molecular weight excluding hydrogens is 164 g/mol. The summed E-state index contributed by atoms with van der Waals surface area (Å²) in [6, 6.07) is 0. The molecule has 0 unspecified atom stereocenters. The highest BCUT2D eigenvalue weighted by atomic mass is 32.2. The molecule has 4 heteroatoms.